The van der Waals surface area contributed by atoms with Gasteiger partial charge in [0.1, 0.15) is 11.9 Å². The van der Waals surface area contributed by atoms with Crippen LogP contribution in [0.4, 0.5) is 4.39 Å². The predicted octanol–water partition coefficient (Wildman–Crippen LogP) is 1.19. The van der Waals surface area contributed by atoms with Gasteiger partial charge in [-0.2, -0.15) is 5.26 Å². The minimum absolute atomic E-state index is 0.0243. The fourth-order valence-electron chi connectivity index (χ4n) is 5.30. The third-order valence-corrected chi connectivity index (χ3v) is 6.86. The molecule has 160 valence electrons. The van der Waals surface area contributed by atoms with E-state index in [0.29, 0.717) is 32.5 Å². The number of carbonyl (C=O) groups excluding carboxylic acids is 2. The lowest BCUT2D eigenvalue weighted by atomic mass is 9.91. The normalized spacial score (nSPS) is 27.6. The number of nitriles is 1. The lowest BCUT2D eigenvalue weighted by Gasteiger charge is -2.44. The molecule has 7 nitrogen and oxygen atoms in total. The van der Waals surface area contributed by atoms with Crippen LogP contribution in [0.2, 0.25) is 0 Å². The maximum Gasteiger partial charge on any atom is 0.241 e. The molecule has 2 amide bonds. The maximum atomic E-state index is 13.3. The Morgan fingerprint density at radius 2 is 2.07 bits per heavy atom. The molecule has 0 radical (unpaired) electrons. The van der Waals surface area contributed by atoms with E-state index in [4.69, 9.17) is 5.73 Å². The van der Waals surface area contributed by atoms with E-state index >= 15 is 0 Å². The van der Waals surface area contributed by atoms with Gasteiger partial charge in [0.05, 0.1) is 23.7 Å². The molecule has 1 aromatic carbocycles. The second-order valence-corrected chi connectivity index (χ2v) is 9.06. The van der Waals surface area contributed by atoms with Gasteiger partial charge >= 0.3 is 0 Å². The molecule has 4 atom stereocenters. The Morgan fingerprint density at radius 3 is 2.70 bits per heavy atom. The summed E-state index contributed by atoms with van der Waals surface area (Å²) in [7, 11) is 0. The van der Waals surface area contributed by atoms with Crippen molar-refractivity contribution in [3.63, 3.8) is 0 Å². The highest BCUT2D eigenvalue weighted by Crippen LogP contribution is 2.41. The fourth-order valence-corrected chi connectivity index (χ4v) is 5.30. The van der Waals surface area contributed by atoms with Crippen LogP contribution in [-0.4, -0.2) is 70.3 Å². The van der Waals surface area contributed by atoms with Gasteiger partial charge in [0.25, 0.3) is 0 Å². The highest BCUT2D eigenvalue weighted by molar-refractivity contribution is 5.87. The van der Waals surface area contributed by atoms with Gasteiger partial charge in [0.15, 0.2) is 0 Å². The summed E-state index contributed by atoms with van der Waals surface area (Å²) in [5, 5.41) is 9.22. The lowest BCUT2D eigenvalue weighted by molar-refractivity contribution is -0.144. The monoisotopic (exact) mass is 413 g/mol. The zero-order valence-corrected chi connectivity index (χ0v) is 17.4. The largest absolute Gasteiger partial charge is 0.328 e. The number of likely N-dealkylation sites (tertiary alicyclic amines) is 3. The zero-order valence-electron chi connectivity index (χ0n) is 17.4. The zero-order chi connectivity index (χ0) is 21.6. The highest BCUT2D eigenvalue weighted by atomic mass is 19.1. The standard InChI is InChI=1S/C22H28FN5O2/c1-22(2,14-5-7-15(23)8-6-14)28-17-10-19(21(28)30)26(12-17)13-18(25)20(29)27-9-3-4-16(27)11-24/h5-8,16-19H,3-4,9-10,12-13,25H2,1-2H3/t16-,17-,18-,19-/m0/s1. The molecule has 2 N–H and O–H groups in total. The Hall–Kier alpha value is -2.50. The van der Waals surface area contributed by atoms with Gasteiger partial charge in [0.2, 0.25) is 11.8 Å². The quantitative estimate of drug-likeness (QED) is 0.783. The van der Waals surface area contributed by atoms with E-state index in [1.165, 1.54) is 12.1 Å². The smallest absolute Gasteiger partial charge is 0.241 e. The number of carbonyl (C=O) groups is 2. The summed E-state index contributed by atoms with van der Waals surface area (Å²) < 4.78 is 13.3. The second-order valence-electron chi connectivity index (χ2n) is 9.06. The molecule has 3 saturated heterocycles. The molecule has 0 unspecified atom stereocenters. The number of benzene rings is 1. The summed E-state index contributed by atoms with van der Waals surface area (Å²) in [6, 6.07) is 7.05. The first-order valence-corrected chi connectivity index (χ1v) is 10.5. The molecular formula is C22H28FN5O2. The van der Waals surface area contributed by atoms with Crippen molar-refractivity contribution in [2.24, 2.45) is 5.73 Å². The van der Waals surface area contributed by atoms with Crippen molar-refractivity contribution in [1.29, 1.82) is 5.26 Å². The van der Waals surface area contributed by atoms with E-state index in [1.54, 1.807) is 17.0 Å². The molecule has 0 aromatic heterocycles. The second kappa shape index (κ2) is 7.64. The van der Waals surface area contributed by atoms with E-state index in [0.717, 1.165) is 12.0 Å². The van der Waals surface area contributed by atoms with E-state index in [2.05, 4.69) is 6.07 Å². The number of hydrogen-bond donors (Lipinski definition) is 1. The third-order valence-electron chi connectivity index (χ3n) is 6.86. The topological polar surface area (TPSA) is 93.7 Å². The van der Waals surface area contributed by atoms with Crippen LogP contribution < -0.4 is 5.73 Å². The fraction of sp³-hybridized carbons (Fsp3) is 0.591. The van der Waals surface area contributed by atoms with Crippen LogP contribution in [0.3, 0.4) is 0 Å². The van der Waals surface area contributed by atoms with Gasteiger partial charge < -0.3 is 15.5 Å². The van der Waals surface area contributed by atoms with Crippen molar-refractivity contribution in [1.82, 2.24) is 14.7 Å². The average molecular weight is 413 g/mol. The Labute approximate surface area is 176 Å². The first-order chi connectivity index (χ1) is 14.2. The molecule has 8 heteroatoms. The van der Waals surface area contributed by atoms with Crippen molar-refractivity contribution >= 4 is 11.8 Å². The van der Waals surface area contributed by atoms with Crippen molar-refractivity contribution in [3.8, 4) is 6.07 Å². The molecular weight excluding hydrogens is 385 g/mol. The van der Waals surface area contributed by atoms with Gasteiger partial charge in [-0.05, 0) is 50.8 Å². The van der Waals surface area contributed by atoms with E-state index in [9.17, 15) is 19.2 Å². The van der Waals surface area contributed by atoms with Crippen LogP contribution in [0.25, 0.3) is 0 Å². The van der Waals surface area contributed by atoms with Crippen LogP contribution in [0.15, 0.2) is 24.3 Å². The number of rotatable bonds is 5. The third kappa shape index (κ3) is 3.36. The van der Waals surface area contributed by atoms with Crippen molar-refractivity contribution in [3.05, 3.63) is 35.6 Å². The maximum absolute atomic E-state index is 13.3. The molecule has 0 aliphatic carbocycles. The number of halogens is 1. The number of amides is 2. The van der Waals surface area contributed by atoms with Crippen LogP contribution in [0.1, 0.15) is 38.7 Å². The summed E-state index contributed by atoms with van der Waals surface area (Å²) in [5.74, 6) is -0.487. The summed E-state index contributed by atoms with van der Waals surface area (Å²) in [5.41, 5.74) is 6.53. The predicted molar refractivity (Wildman–Crippen MR) is 108 cm³/mol. The molecule has 3 aliphatic rings. The van der Waals surface area contributed by atoms with Gasteiger partial charge in [-0.3, -0.25) is 14.5 Å². The van der Waals surface area contributed by atoms with E-state index < -0.39 is 17.6 Å². The van der Waals surface area contributed by atoms with Crippen LogP contribution in [0, 0.1) is 17.1 Å². The molecule has 4 rings (SSSR count). The summed E-state index contributed by atoms with van der Waals surface area (Å²) in [6.07, 6.45) is 2.21. The SMILES string of the molecule is CC(C)(c1ccc(F)cc1)N1C(=O)[C@@H]2C[C@H]1CN2C[C@H](N)C(=O)N1CCC[C@H]1C#N. The Balaban J connectivity index is 1.43. The van der Waals surface area contributed by atoms with Crippen LogP contribution >= 0.6 is 0 Å². The van der Waals surface area contributed by atoms with E-state index in [1.807, 2.05) is 23.6 Å². The minimum Gasteiger partial charge on any atom is -0.328 e. The average Bonchev–Trinajstić information content (AvgIpc) is 3.41. The molecule has 3 fully saturated rings. The van der Waals surface area contributed by atoms with Gasteiger partial charge in [-0.15, -0.1) is 0 Å². The minimum atomic E-state index is -0.746. The van der Waals surface area contributed by atoms with Gasteiger partial charge in [0, 0.05) is 25.7 Å². The van der Waals surface area contributed by atoms with E-state index in [-0.39, 0.29) is 29.7 Å². The number of piperazine rings is 1. The summed E-state index contributed by atoms with van der Waals surface area (Å²) >= 11 is 0. The molecule has 1 aromatic rings. The molecule has 3 aliphatic heterocycles. The number of hydrogen-bond acceptors (Lipinski definition) is 5. The molecule has 30 heavy (non-hydrogen) atoms. The Morgan fingerprint density at radius 1 is 1.37 bits per heavy atom. The van der Waals surface area contributed by atoms with Crippen LogP contribution in [-0.2, 0) is 15.1 Å². The first kappa shape index (κ1) is 20.8. The lowest BCUT2D eigenvalue weighted by Crippen LogP contribution is -2.59. The molecule has 3 heterocycles. The van der Waals surface area contributed by atoms with Gasteiger partial charge in [-0.1, -0.05) is 12.1 Å². The van der Waals surface area contributed by atoms with Crippen molar-refractivity contribution < 1.29 is 14.0 Å². The highest BCUT2D eigenvalue weighted by Gasteiger charge is 2.54. The summed E-state index contributed by atoms with van der Waals surface area (Å²) in [4.78, 5) is 31.4. The molecule has 0 saturated carbocycles. The summed E-state index contributed by atoms with van der Waals surface area (Å²) in [6.45, 7) is 5.49. The molecule has 0 spiro atoms. The number of nitrogens with zero attached hydrogens (tertiary/aromatic N) is 4. The van der Waals surface area contributed by atoms with Gasteiger partial charge in [-0.25, -0.2) is 4.39 Å². The number of nitrogens with two attached hydrogens (primary N) is 1. The Bertz CT molecular complexity index is 881. The van der Waals surface area contributed by atoms with Crippen molar-refractivity contribution in [2.75, 3.05) is 19.6 Å². The van der Waals surface area contributed by atoms with Crippen LogP contribution in [0.5, 0.6) is 0 Å². The molecule has 2 bridgehead atoms. The van der Waals surface area contributed by atoms with Crippen molar-refractivity contribution in [2.45, 2.75) is 62.8 Å². The Kier molecular flexibility index (Phi) is 5.28. The number of fused-ring (bicyclic) bond motifs is 2. The first-order valence-electron chi connectivity index (χ1n) is 10.5.